The predicted molar refractivity (Wildman–Crippen MR) is 73.5 cm³/mol. The lowest BCUT2D eigenvalue weighted by molar-refractivity contribution is 0.460. The van der Waals surface area contributed by atoms with Gasteiger partial charge in [-0.25, -0.2) is 8.78 Å². The minimum Gasteiger partial charge on any atom is -0.457 e. The fourth-order valence-corrected chi connectivity index (χ4v) is 1.75. The normalized spacial score (nSPS) is 10.3. The Balaban J connectivity index is 2.39. The van der Waals surface area contributed by atoms with Crippen molar-refractivity contribution >= 4 is 17.2 Å². The molecular weight excluding hydrogens is 268 g/mol. The summed E-state index contributed by atoms with van der Waals surface area (Å²) in [6, 6.07) is 8.61. The molecule has 98 valence electrons. The summed E-state index contributed by atoms with van der Waals surface area (Å²) in [4.78, 5) is 0.178. The van der Waals surface area contributed by atoms with Gasteiger partial charge in [-0.2, -0.15) is 0 Å². The lowest BCUT2D eigenvalue weighted by Gasteiger charge is -2.11. The lowest BCUT2D eigenvalue weighted by Crippen LogP contribution is -2.10. The highest BCUT2D eigenvalue weighted by atomic mass is 32.1. The zero-order valence-corrected chi connectivity index (χ0v) is 10.9. The molecule has 0 heterocycles. The van der Waals surface area contributed by atoms with Gasteiger partial charge in [-0.05, 0) is 36.8 Å². The highest BCUT2D eigenvalue weighted by Gasteiger charge is 2.10. The largest absolute Gasteiger partial charge is 0.457 e. The third kappa shape index (κ3) is 3.06. The van der Waals surface area contributed by atoms with E-state index in [9.17, 15) is 8.78 Å². The Morgan fingerprint density at radius 1 is 1.11 bits per heavy atom. The molecule has 0 bridgehead atoms. The van der Waals surface area contributed by atoms with Crippen LogP contribution in [0.2, 0.25) is 0 Å². The molecule has 2 aromatic rings. The van der Waals surface area contributed by atoms with Gasteiger partial charge in [-0.15, -0.1) is 0 Å². The van der Waals surface area contributed by atoms with Crippen molar-refractivity contribution in [2.45, 2.75) is 6.92 Å². The van der Waals surface area contributed by atoms with Crippen LogP contribution in [0.4, 0.5) is 8.78 Å². The maximum absolute atomic E-state index is 13.1. The Hall–Kier alpha value is -2.01. The van der Waals surface area contributed by atoms with E-state index < -0.39 is 11.6 Å². The van der Waals surface area contributed by atoms with Crippen LogP contribution in [-0.2, 0) is 0 Å². The number of nitrogens with two attached hydrogens (primary N) is 1. The summed E-state index contributed by atoms with van der Waals surface area (Å²) in [7, 11) is 0. The molecule has 0 fully saturated rings. The van der Waals surface area contributed by atoms with Crippen LogP contribution in [0.1, 0.15) is 11.1 Å². The van der Waals surface area contributed by atoms with Crippen molar-refractivity contribution in [2.75, 3.05) is 0 Å². The zero-order valence-electron chi connectivity index (χ0n) is 10.1. The number of aryl methyl sites for hydroxylation is 1. The van der Waals surface area contributed by atoms with Crippen molar-refractivity contribution in [1.29, 1.82) is 0 Å². The lowest BCUT2D eigenvalue weighted by atomic mass is 10.1. The molecule has 0 spiro atoms. The number of ether oxygens (including phenoxy) is 1. The number of halogens is 2. The van der Waals surface area contributed by atoms with Gasteiger partial charge in [-0.1, -0.05) is 18.3 Å². The van der Waals surface area contributed by atoms with Gasteiger partial charge < -0.3 is 10.5 Å². The number of hydrogen-bond donors (Lipinski definition) is 1. The van der Waals surface area contributed by atoms with Crippen LogP contribution >= 0.6 is 12.2 Å². The molecule has 5 heteroatoms. The average molecular weight is 279 g/mol. The molecule has 0 aliphatic heterocycles. The molecule has 2 N–H and O–H groups in total. The molecule has 0 aliphatic carbocycles. The Morgan fingerprint density at radius 2 is 1.84 bits per heavy atom. The minimum absolute atomic E-state index is 0.178. The van der Waals surface area contributed by atoms with E-state index in [1.165, 1.54) is 6.07 Å². The Morgan fingerprint density at radius 3 is 2.47 bits per heavy atom. The fourth-order valence-electron chi connectivity index (χ4n) is 1.58. The van der Waals surface area contributed by atoms with Crippen molar-refractivity contribution in [1.82, 2.24) is 0 Å². The van der Waals surface area contributed by atoms with Gasteiger partial charge >= 0.3 is 0 Å². The van der Waals surface area contributed by atoms with E-state index in [2.05, 4.69) is 0 Å². The summed E-state index contributed by atoms with van der Waals surface area (Å²) in [5, 5.41) is 0. The van der Waals surface area contributed by atoms with Gasteiger partial charge in [0.15, 0.2) is 11.6 Å². The van der Waals surface area contributed by atoms with Gasteiger partial charge in [0, 0.05) is 6.07 Å². The Kier molecular flexibility index (Phi) is 3.76. The topological polar surface area (TPSA) is 35.2 Å². The monoisotopic (exact) mass is 279 g/mol. The van der Waals surface area contributed by atoms with Gasteiger partial charge in [-0.3, -0.25) is 0 Å². The maximum Gasteiger partial charge on any atom is 0.162 e. The maximum atomic E-state index is 13.1. The van der Waals surface area contributed by atoms with E-state index in [1.54, 1.807) is 12.1 Å². The summed E-state index contributed by atoms with van der Waals surface area (Å²) in [6.07, 6.45) is 0. The molecule has 0 unspecified atom stereocenters. The highest BCUT2D eigenvalue weighted by Crippen LogP contribution is 2.27. The number of hydrogen-bond acceptors (Lipinski definition) is 2. The van der Waals surface area contributed by atoms with Crippen LogP contribution in [0.15, 0.2) is 36.4 Å². The quantitative estimate of drug-likeness (QED) is 0.870. The second-order valence-electron chi connectivity index (χ2n) is 4.04. The van der Waals surface area contributed by atoms with Crippen molar-refractivity contribution in [2.24, 2.45) is 5.73 Å². The van der Waals surface area contributed by atoms with Gasteiger partial charge in [0.1, 0.15) is 16.5 Å². The Labute approximate surface area is 114 Å². The first kappa shape index (κ1) is 13.4. The van der Waals surface area contributed by atoms with E-state index in [4.69, 9.17) is 22.7 Å². The molecule has 0 saturated carbocycles. The van der Waals surface area contributed by atoms with Crippen molar-refractivity contribution in [3.8, 4) is 11.5 Å². The van der Waals surface area contributed by atoms with E-state index in [-0.39, 0.29) is 10.7 Å². The predicted octanol–water partition coefficient (Wildman–Crippen LogP) is 3.70. The molecule has 0 aliphatic rings. The minimum atomic E-state index is -0.970. The number of rotatable bonds is 3. The summed E-state index contributed by atoms with van der Waals surface area (Å²) in [5.41, 5.74) is 7.08. The van der Waals surface area contributed by atoms with Crippen molar-refractivity contribution in [3.05, 3.63) is 59.2 Å². The van der Waals surface area contributed by atoms with Crippen LogP contribution in [0.5, 0.6) is 11.5 Å². The molecule has 0 saturated heterocycles. The smallest absolute Gasteiger partial charge is 0.162 e. The average Bonchev–Trinajstić information content (AvgIpc) is 2.33. The molecule has 2 aromatic carbocycles. The van der Waals surface area contributed by atoms with Crippen LogP contribution in [-0.4, -0.2) is 4.99 Å². The molecule has 0 amide bonds. The first-order valence-corrected chi connectivity index (χ1v) is 5.91. The first-order valence-electron chi connectivity index (χ1n) is 5.51. The first-order chi connectivity index (χ1) is 8.97. The summed E-state index contributed by atoms with van der Waals surface area (Å²) < 4.78 is 31.5. The van der Waals surface area contributed by atoms with Crippen LogP contribution in [0.3, 0.4) is 0 Å². The molecule has 0 atom stereocenters. The molecule has 2 rings (SSSR count). The summed E-state index contributed by atoms with van der Waals surface area (Å²) >= 11 is 4.92. The number of thiocarbonyl (C=S) groups is 1. The summed E-state index contributed by atoms with van der Waals surface area (Å²) in [6.45, 7) is 1.88. The fraction of sp³-hybridized carbons (Fsp3) is 0.0714. The second kappa shape index (κ2) is 5.32. The van der Waals surface area contributed by atoms with E-state index >= 15 is 0 Å². The third-order valence-corrected chi connectivity index (χ3v) is 2.74. The SMILES string of the molecule is Cc1ccc(C(N)=S)c(Oc2ccc(F)c(F)c2)c1. The van der Waals surface area contributed by atoms with Gasteiger partial charge in [0.05, 0.1) is 5.56 Å². The molecule has 19 heavy (non-hydrogen) atoms. The van der Waals surface area contributed by atoms with E-state index in [0.29, 0.717) is 11.3 Å². The summed E-state index contributed by atoms with van der Waals surface area (Å²) in [5.74, 6) is -1.30. The molecule has 0 radical (unpaired) electrons. The standard InChI is InChI=1S/C14H11F2NOS/c1-8-2-4-10(14(17)19)13(6-8)18-9-3-5-11(15)12(16)7-9/h2-7H,1H3,(H2,17,19). The molecule has 0 aromatic heterocycles. The molecular formula is C14H11F2NOS. The molecule has 2 nitrogen and oxygen atoms in total. The van der Waals surface area contributed by atoms with Crippen LogP contribution in [0, 0.1) is 18.6 Å². The van der Waals surface area contributed by atoms with Crippen LogP contribution in [0.25, 0.3) is 0 Å². The highest BCUT2D eigenvalue weighted by molar-refractivity contribution is 7.80. The van der Waals surface area contributed by atoms with Crippen molar-refractivity contribution in [3.63, 3.8) is 0 Å². The van der Waals surface area contributed by atoms with Gasteiger partial charge in [0.25, 0.3) is 0 Å². The number of benzene rings is 2. The Bertz CT molecular complexity index is 643. The van der Waals surface area contributed by atoms with E-state index in [0.717, 1.165) is 17.7 Å². The zero-order chi connectivity index (χ0) is 14.0. The third-order valence-electron chi connectivity index (χ3n) is 2.52. The van der Waals surface area contributed by atoms with Crippen molar-refractivity contribution < 1.29 is 13.5 Å². The second-order valence-corrected chi connectivity index (χ2v) is 4.48. The van der Waals surface area contributed by atoms with Crippen LogP contribution < -0.4 is 10.5 Å². The van der Waals surface area contributed by atoms with E-state index in [1.807, 2.05) is 13.0 Å². The van der Waals surface area contributed by atoms with Gasteiger partial charge in [0.2, 0.25) is 0 Å².